The van der Waals surface area contributed by atoms with Gasteiger partial charge in [0.05, 0.1) is 4.92 Å². The molecule has 0 amide bonds. The van der Waals surface area contributed by atoms with Crippen molar-refractivity contribution in [2.24, 2.45) is 0 Å². The van der Waals surface area contributed by atoms with Crippen LogP contribution in [0, 0.1) is 10.1 Å². The van der Waals surface area contributed by atoms with E-state index in [1.165, 1.54) is 11.6 Å². The van der Waals surface area contributed by atoms with Crippen LogP contribution in [0.2, 0.25) is 0 Å². The average Bonchev–Trinajstić information content (AvgIpc) is 2.47. The van der Waals surface area contributed by atoms with Gasteiger partial charge in [-0.25, -0.2) is 0 Å². The maximum Gasteiger partial charge on any atom is 0.273 e. The number of nitro groups is 1. The van der Waals surface area contributed by atoms with Crippen molar-refractivity contribution in [2.75, 3.05) is 17.2 Å². The highest BCUT2D eigenvalue weighted by Crippen LogP contribution is 2.27. The van der Waals surface area contributed by atoms with Crippen molar-refractivity contribution in [2.45, 2.75) is 20.3 Å². The first-order valence-electron chi connectivity index (χ1n) is 7.01. The molecule has 5 heteroatoms. The Morgan fingerprint density at radius 3 is 2.48 bits per heavy atom. The van der Waals surface area contributed by atoms with Crippen LogP contribution in [0.3, 0.4) is 0 Å². The summed E-state index contributed by atoms with van der Waals surface area (Å²) in [6.45, 7) is 4.76. The minimum Gasteiger partial charge on any atom is -0.385 e. The van der Waals surface area contributed by atoms with Crippen molar-refractivity contribution in [1.29, 1.82) is 0 Å². The zero-order chi connectivity index (χ0) is 15.2. The molecule has 110 valence electrons. The Morgan fingerprint density at radius 2 is 1.81 bits per heavy atom. The largest absolute Gasteiger partial charge is 0.385 e. The summed E-state index contributed by atoms with van der Waals surface area (Å²) in [6.07, 6.45) is 0.951. The molecule has 2 aromatic carbocycles. The Kier molecular flexibility index (Phi) is 4.77. The van der Waals surface area contributed by atoms with Gasteiger partial charge < -0.3 is 10.6 Å². The van der Waals surface area contributed by atoms with E-state index in [1.807, 2.05) is 31.2 Å². The predicted molar refractivity (Wildman–Crippen MR) is 86.4 cm³/mol. The number of hydrogen-bond acceptors (Lipinski definition) is 4. The highest BCUT2D eigenvalue weighted by Gasteiger charge is 2.09. The molecule has 0 fully saturated rings. The average molecular weight is 285 g/mol. The summed E-state index contributed by atoms with van der Waals surface area (Å²) < 4.78 is 0. The van der Waals surface area contributed by atoms with Gasteiger partial charge in [-0.2, -0.15) is 0 Å². The molecule has 0 saturated heterocycles. The normalized spacial score (nSPS) is 10.2. The van der Waals surface area contributed by atoms with Gasteiger partial charge in [-0.3, -0.25) is 10.1 Å². The first-order chi connectivity index (χ1) is 10.1. The zero-order valence-corrected chi connectivity index (χ0v) is 12.2. The second-order valence-electron chi connectivity index (χ2n) is 4.73. The molecule has 0 aliphatic rings. The molecule has 2 N–H and O–H groups in total. The number of aryl methyl sites for hydroxylation is 1. The molecule has 0 spiro atoms. The maximum atomic E-state index is 11.0. The van der Waals surface area contributed by atoms with Crippen molar-refractivity contribution >= 4 is 22.7 Å². The quantitative estimate of drug-likeness (QED) is 0.612. The van der Waals surface area contributed by atoms with Gasteiger partial charge in [0.25, 0.3) is 5.69 Å². The van der Waals surface area contributed by atoms with E-state index < -0.39 is 0 Å². The standard InChI is InChI=1S/C16H19N3O2/c1-3-12-6-5-7-13(8-12)18-15-9-14(17-4-2)10-16(11-15)19(20)21/h5-11,17-18H,3-4H2,1-2H3. The molecule has 0 saturated carbocycles. The van der Waals surface area contributed by atoms with Crippen LogP contribution in [0.25, 0.3) is 0 Å². The summed E-state index contributed by atoms with van der Waals surface area (Å²) in [6, 6.07) is 13.0. The number of anilines is 3. The van der Waals surface area contributed by atoms with Gasteiger partial charge in [0.2, 0.25) is 0 Å². The lowest BCUT2D eigenvalue weighted by atomic mass is 10.1. The molecular weight excluding hydrogens is 266 g/mol. The van der Waals surface area contributed by atoms with Crippen LogP contribution in [0.5, 0.6) is 0 Å². The van der Waals surface area contributed by atoms with E-state index in [2.05, 4.69) is 23.6 Å². The highest BCUT2D eigenvalue weighted by molar-refractivity contribution is 5.69. The van der Waals surface area contributed by atoms with Crippen molar-refractivity contribution in [3.8, 4) is 0 Å². The van der Waals surface area contributed by atoms with Crippen LogP contribution in [0.15, 0.2) is 42.5 Å². The summed E-state index contributed by atoms with van der Waals surface area (Å²) in [4.78, 5) is 10.6. The summed E-state index contributed by atoms with van der Waals surface area (Å²) in [5, 5.41) is 17.3. The molecule has 0 atom stereocenters. The van der Waals surface area contributed by atoms with Gasteiger partial charge >= 0.3 is 0 Å². The van der Waals surface area contributed by atoms with Crippen molar-refractivity contribution < 1.29 is 4.92 Å². The minimum absolute atomic E-state index is 0.0718. The lowest BCUT2D eigenvalue weighted by Crippen LogP contribution is -2.00. The number of nitrogens with zero attached hydrogens (tertiary/aromatic N) is 1. The molecule has 2 rings (SSSR count). The predicted octanol–water partition coefficient (Wildman–Crippen LogP) is 4.33. The van der Waals surface area contributed by atoms with E-state index in [0.29, 0.717) is 12.2 Å². The summed E-state index contributed by atoms with van der Waals surface area (Å²) in [5.41, 5.74) is 3.66. The molecule has 0 unspecified atom stereocenters. The Balaban J connectivity index is 2.31. The third kappa shape index (κ3) is 3.95. The van der Waals surface area contributed by atoms with E-state index >= 15 is 0 Å². The van der Waals surface area contributed by atoms with Crippen LogP contribution >= 0.6 is 0 Å². The summed E-state index contributed by atoms with van der Waals surface area (Å²) in [5.74, 6) is 0. The monoisotopic (exact) mass is 285 g/mol. The van der Waals surface area contributed by atoms with Gasteiger partial charge in [-0.05, 0) is 37.1 Å². The number of rotatable bonds is 6. The fraction of sp³-hybridized carbons (Fsp3) is 0.250. The zero-order valence-electron chi connectivity index (χ0n) is 12.2. The van der Waals surface area contributed by atoms with Crippen molar-refractivity contribution in [1.82, 2.24) is 0 Å². The highest BCUT2D eigenvalue weighted by atomic mass is 16.6. The SMILES string of the molecule is CCNc1cc(Nc2cccc(CC)c2)cc([N+](=O)[O-])c1. The molecule has 0 bridgehead atoms. The number of hydrogen-bond donors (Lipinski definition) is 2. The minimum atomic E-state index is -0.380. The van der Waals surface area contributed by atoms with Crippen LogP contribution in [0.4, 0.5) is 22.7 Å². The van der Waals surface area contributed by atoms with Crippen LogP contribution in [-0.4, -0.2) is 11.5 Å². The number of nitro benzene ring substituents is 1. The topological polar surface area (TPSA) is 67.2 Å². The van der Waals surface area contributed by atoms with Crippen molar-refractivity contribution in [3.05, 3.63) is 58.1 Å². The Bertz CT molecular complexity index is 641. The van der Waals surface area contributed by atoms with Crippen molar-refractivity contribution in [3.63, 3.8) is 0 Å². The smallest absolute Gasteiger partial charge is 0.273 e. The molecule has 21 heavy (non-hydrogen) atoms. The Morgan fingerprint density at radius 1 is 1.05 bits per heavy atom. The second kappa shape index (κ2) is 6.74. The number of benzene rings is 2. The summed E-state index contributed by atoms with van der Waals surface area (Å²) >= 11 is 0. The molecule has 0 radical (unpaired) electrons. The molecule has 5 nitrogen and oxygen atoms in total. The molecule has 0 aliphatic carbocycles. The fourth-order valence-corrected chi connectivity index (χ4v) is 2.13. The number of non-ortho nitro benzene ring substituents is 1. The first-order valence-corrected chi connectivity index (χ1v) is 7.01. The lowest BCUT2D eigenvalue weighted by Gasteiger charge is -2.10. The second-order valence-corrected chi connectivity index (χ2v) is 4.73. The van der Waals surface area contributed by atoms with Crippen LogP contribution < -0.4 is 10.6 Å². The third-order valence-corrected chi connectivity index (χ3v) is 3.13. The van der Waals surface area contributed by atoms with Crippen LogP contribution in [-0.2, 0) is 6.42 Å². The van der Waals surface area contributed by atoms with Gasteiger partial charge in [0, 0.05) is 35.7 Å². The molecule has 0 heterocycles. The fourth-order valence-electron chi connectivity index (χ4n) is 2.13. The van der Waals surface area contributed by atoms with Crippen LogP contribution in [0.1, 0.15) is 19.4 Å². The van der Waals surface area contributed by atoms with E-state index in [9.17, 15) is 10.1 Å². The van der Waals surface area contributed by atoms with E-state index in [4.69, 9.17) is 0 Å². The Hall–Kier alpha value is -2.56. The molecular formula is C16H19N3O2. The maximum absolute atomic E-state index is 11.0. The summed E-state index contributed by atoms with van der Waals surface area (Å²) in [7, 11) is 0. The van der Waals surface area contributed by atoms with Gasteiger partial charge in [0.1, 0.15) is 0 Å². The van der Waals surface area contributed by atoms with Gasteiger partial charge in [0.15, 0.2) is 0 Å². The first kappa shape index (κ1) is 14.8. The van der Waals surface area contributed by atoms with E-state index in [-0.39, 0.29) is 10.6 Å². The van der Waals surface area contributed by atoms with Gasteiger partial charge in [-0.15, -0.1) is 0 Å². The third-order valence-electron chi connectivity index (χ3n) is 3.13. The molecule has 0 aromatic heterocycles. The van der Waals surface area contributed by atoms with E-state index in [1.54, 1.807) is 6.07 Å². The number of nitrogens with one attached hydrogen (secondary N) is 2. The lowest BCUT2D eigenvalue weighted by molar-refractivity contribution is -0.384. The van der Waals surface area contributed by atoms with Gasteiger partial charge in [-0.1, -0.05) is 19.1 Å². The van der Waals surface area contributed by atoms with E-state index in [0.717, 1.165) is 17.8 Å². The Labute approximate surface area is 124 Å². The molecule has 0 aliphatic heterocycles. The molecule has 2 aromatic rings.